The number of aromatic nitrogens is 2. The highest BCUT2D eigenvalue weighted by Crippen LogP contribution is 2.68. The molecule has 0 unspecified atom stereocenters. The number of sulfonamides is 1. The van der Waals surface area contributed by atoms with E-state index in [1.807, 2.05) is 4.90 Å². The van der Waals surface area contributed by atoms with Crippen LogP contribution in [0, 0.1) is 11.3 Å². The van der Waals surface area contributed by atoms with E-state index in [0.29, 0.717) is 28.0 Å². The quantitative estimate of drug-likeness (QED) is 0.514. The maximum Gasteiger partial charge on any atom is 0.511 e. The van der Waals surface area contributed by atoms with E-state index in [0.717, 1.165) is 25.3 Å². The number of nitrogens with zero attached hydrogens (tertiary/aromatic N) is 3. The van der Waals surface area contributed by atoms with Gasteiger partial charge in [-0.2, -0.15) is 30.6 Å². The lowest BCUT2D eigenvalue weighted by Gasteiger charge is -2.67. The third-order valence-corrected chi connectivity index (χ3v) is 9.47. The predicted octanol–water partition coefficient (Wildman–Crippen LogP) is 5.22. The van der Waals surface area contributed by atoms with Gasteiger partial charge in [-0.25, -0.2) is 13.4 Å². The van der Waals surface area contributed by atoms with Gasteiger partial charge in [0.15, 0.2) is 0 Å². The van der Waals surface area contributed by atoms with Crippen LogP contribution in [0.2, 0.25) is 0 Å². The fourth-order valence-electron chi connectivity index (χ4n) is 6.18. The van der Waals surface area contributed by atoms with Gasteiger partial charge in [-0.1, -0.05) is 13.3 Å². The summed E-state index contributed by atoms with van der Waals surface area (Å²) >= 11 is 0. The SMILES string of the molecule is CCCc1c(C(F)(F)F)ccc2c1CN(S(=O)(=O)C(F)(F)F)C[C@H](C13CC(C1)C3)N2Cc1cnc[nH]1. The van der Waals surface area contributed by atoms with Gasteiger partial charge in [0.05, 0.1) is 24.1 Å². The zero-order valence-corrected chi connectivity index (χ0v) is 20.3. The zero-order chi connectivity index (χ0) is 26.1. The number of anilines is 1. The number of alkyl halides is 6. The summed E-state index contributed by atoms with van der Waals surface area (Å²) in [5.74, 6) is 0.456. The number of benzene rings is 1. The minimum atomic E-state index is -5.79. The van der Waals surface area contributed by atoms with Crippen LogP contribution >= 0.6 is 0 Å². The summed E-state index contributed by atoms with van der Waals surface area (Å²) in [6.07, 6.45) is 0.791. The normalized spacial score (nSPS) is 26.7. The molecule has 2 aromatic rings. The van der Waals surface area contributed by atoms with Gasteiger partial charge < -0.3 is 9.88 Å². The Morgan fingerprint density at radius 1 is 1.14 bits per heavy atom. The highest BCUT2D eigenvalue weighted by molar-refractivity contribution is 7.89. The summed E-state index contributed by atoms with van der Waals surface area (Å²) in [6.45, 7) is 0.602. The van der Waals surface area contributed by atoms with Gasteiger partial charge in [0.25, 0.3) is 0 Å². The molecule has 3 fully saturated rings. The molecule has 198 valence electrons. The number of H-pyrrole nitrogens is 1. The molecular weight excluding hydrogens is 510 g/mol. The monoisotopic (exact) mass is 536 g/mol. The molecule has 1 N–H and O–H groups in total. The number of hydrogen-bond acceptors (Lipinski definition) is 4. The molecule has 13 heteroatoms. The molecule has 3 saturated carbocycles. The van der Waals surface area contributed by atoms with E-state index in [1.54, 1.807) is 13.1 Å². The molecule has 3 aliphatic carbocycles. The molecule has 2 bridgehead atoms. The molecule has 1 aliphatic heterocycles. The first-order valence-electron chi connectivity index (χ1n) is 11.8. The van der Waals surface area contributed by atoms with E-state index in [9.17, 15) is 34.8 Å². The van der Waals surface area contributed by atoms with E-state index in [2.05, 4.69) is 9.97 Å². The van der Waals surface area contributed by atoms with E-state index in [1.165, 1.54) is 12.4 Å². The van der Waals surface area contributed by atoms with Crippen molar-refractivity contribution >= 4 is 15.7 Å². The summed E-state index contributed by atoms with van der Waals surface area (Å²) in [4.78, 5) is 8.75. The van der Waals surface area contributed by atoms with Crippen LogP contribution in [-0.4, -0.2) is 40.8 Å². The first kappa shape index (κ1) is 25.4. The van der Waals surface area contributed by atoms with Crippen molar-refractivity contribution in [2.75, 3.05) is 11.4 Å². The van der Waals surface area contributed by atoms with Crippen molar-refractivity contribution in [3.8, 4) is 0 Å². The summed E-state index contributed by atoms with van der Waals surface area (Å²) in [5, 5.41) is 0. The molecule has 6 nitrogen and oxygen atoms in total. The fourth-order valence-corrected chi connectivity index (χ4v) is 7.11. The molecule has 1 aromatic heterocycles. The van der Waals surface area contributed by atoms with Gasteiger partial charge in [0.2, 0.25) is 0 Å². The molecule has 0 amide bonds. The van der Waals surface area contributed by atoms with Crippen LogP contribution in [-0.2, 0) is 35.7 Å². The third kappa shape index (κ3) is 3.98. The van der Waals surface area contributed by atoms with Crippen molar-refractivity contribution in [3.63, 3.8) is 0 Å². The highest BCUT2D eigenvalue weighted by atomic mass is 32.2. The number of nitrogens with one attached hydrogen (secondary N) is 1. The first-order valence-corrected chi connectivity index (χ1v) is 13.2. The maximum absolute atomic E-state index is 14.0. The lowest BCUT2D eigenvalue weighted by Crippen LogP contribution is -2.66. The Balaban J connectivity index is 1.73. The van der Waals surface area contributed by atoms with Gasteiger partial charge in [-0.3, -0.25) is 0 Å². The summed E-state index contributed by atoms with van der Waals surface area (Å²) < 4.78 is 109. The fraction of sp³-hybridized carbons (Fsp3) is 0.609. The van der Waals surface area contributed by atoms with Gasteiger partial charge in [0, 0.05) is 31.0 Å². The molecule has 36 heavy (non-hydrogen) atoms. The minimum absolute atomic E-state index is 0.0203. The highest BCUT2D eigenvalue weighted by Gasteiger charge is 2.63. The van der Waals surface area contributed by atoms with Crippen molar-refractivity contribution in [1.29, 1.82) is 0 Å². The van der Waals surface area contributed by atoms with Crippen LogP contribution < -0.4 is 4.90 Å². The predicted molar refractivity (Wildman–Crippen MR) is 119 cm³/mol. The number of imidazole rings is 1. The molecule has 6 rings (SSSR count). The lowest BCUT2D eigenvalue weighted by molar-refractivity contribution is -0.138. The van der Waals surface area contributed by atoms with Crippen molar-refractivity contribution in [3.05, 3.63) is 47.0 Å². The smallest absolute Gasteiger partial charge is 0.361 e. The minimum Gasteiger partial charge on any atom is -0.361 e. The average Bonchev–Trinajstić information content (AvgIpc) is 3.15. The van der Waals surface area contributed by atoms with E-state index in [4.69, 9.17) is 0 Å². The van der Waals surface area contributed by atoms with Crippen molar-refractivity contribution in [2.24, 2.45) is 11.3 Å². The molecule has 0 saturated heterocycles. The average molecular weight is 537 g/mol. The molecule has 0 radical (unpaired) electrons. The van der Waals surface area contributed by atoms with E-state index in [-0.39, 0.29) is 29.5 Å². The van der Waals surface area contributed by atoms with Gasteiger partial charge in [0.1, 0.15) is 0 Å². The zero-order valence-electron chi connectivity index (χ0n) is 19.5. The van der Waals surface area contributed by atoms with Crippen LogP contribution in [0.4, 0.5) is 32.0 Å². The molecule has 1 aromatic carbocycles. The number of hydrogen-bond donors (Lipinski definition) is 1. The number of aromatic amines is 1. The summed E-state index contributed by atoms with van der Waals surface area (Å²) in [6, 6.07) is 1.63. The third-order valence-electron chi connectivity index (χ3n) is 7.93. The second kappa shape index (κ2) is 8.37. The lowest BCUT2D eigenvalue weighted by atomic mass is 9.41. The number of halogens is 6. The number of rotatable bonds is 6. The largest absolute Gasteiger partial charge is 0.511 e. The Morgan fingerprint density at radius 3 is 2.33 bits per heavy atom. The van der Waals surface area contributed by atoms with Crippen molar-refractivity contribution in [2.45, 2.75) is 69.8 Å². The standard InChI is InChI=1S/C23H26F6N4O2S/c1-2-3-16-17-11-32(36(34,35)23(27,28)29)12-20(21-6-14(7-21)8-21)33(10-15-9-30-13-31-15)19(17)5-4-18(16)22(24,25)26/h4-5,9,13-14,20H,2-3,6-8,10-12H2,1H3,(H,30,31)/t14?,20-,21?/m1/s1. The van der Waals surface area contributed by atoms with Crippen LogP contribution in [0.1, 0.15) is 55.0 Å². The molecule has 1 atom stereocenters. The first-order chi connectivity index (χ1) is 16.8. The number of fused-ring (bicyclic) bond motifs is 1. The Bertz CT molecular complexity index is 1230. The van der Waals surface area contributed by atoms with Gasteiger partial charge in [-0.15, -0.1) is 0 Å². The maximum atomic E-state index is 14.0. The molecule has 0 spiro atoms. The topological polar surface area (TPSA) is 69.3 Å². The van der Waals surface area contributed by atoms with Crippen LogP contribution in [0.15, 0.2) is 24.7 Å². The Hall–Kier alpha value is -2.28. The molecular formula is C23H26F6N4O2S. The van der Waals surface area contributed by atoms with Gasteiger partial charge >= 0.3 is 21.7 Å². The second-order valence-electron chi connectivity index (χ2n) is 10.1. The van der Waals surface area contributed by atoms with Crippen LogP contribution in [0.5, 0.6) is 0 Å². The Labute approximate surface area is 204 Å². The van der Waals surface area contributed by atoms with Crippen LogP contribution in [0.25, 0.3) is 0 Å². The van der Waals surface area contributed by atoms with Crippen LogP contribution in [0.3, 0.4) is 0 Å². The Morgan fingerprint density at radius 2 is 1.83 bits per heavy atom. The summed E-state index contributed by atoms with van der Waals surface area (Å²) in [5.41, 5.74) is -6.09. The van der Waals surface area contributed by atoms with Crippen molar-refractivity contribution < 1.29 is 34.8 Å². The summed E-state index contributed by atoms with van der Waals surface area (Å²) in [7, 11) is -5.79. The Kier molecular flexibility index (Phi) is 5.90. The van der Waals surface area contributed by atoms with E-state index < -0.39 is 46.4 Å². The molecule has 4 aliphatic rings. The molecule has 2 heterocycles. The van der Waals surface area contributed by atoms with Gasteiger partial charge in [-0.05, 0) is 60.3 Å². The van der Waals surface area contributed by atoms with E-state index >= 15 is 0 Å². The van der Waals surface area contributed by atoms with Crippen molar-refractivity contribution in [1.82, 2.24) is 14.3 Å². The second-order valence-corrected chi connectivity index (χ2v) is 12.1.